The van der Waals surface area contributed by atoms with E-state index >= 15 is 0 Å². The van der Waals surface area contributed by atoms with Gasteiger partial charge in [0.15, 0.2) is 0 Å². The summed E-state index contributed by atoms with van der Waals surface area (Å²) in [6.45, 7) is 6.71. The largest absolute Gasteiger partial charge is 0.381 e. The van der Waals surface area contributed by atoms with Gasteiger partial charge in [-0.25, -0.2) is 0 Å². The van der Waals surface area contributed by atoms with Gasteiger partial charge in [0.05, 0.1) is 0 Å². The van der Waals surface area contributed by atoms with Crippen LogP contribution >= 0.6 is 0 Å². The zero-order valence-corrected chi connectivity index (χ0v) is 10.1. The summed E-state index contributed by atoms with van der Waals surface area (Å²) in [7, 11) is 0. The monoisotopic (exact) mass is 211 g/mol. The van der Waals surface area contributed by atoms with Gasteiger partial charge in [-0.3, -0.25) is 0 Å². The molecule has 2 rings (SSSR count). The Kier molecular flexibility index (Phi) is 4.04. The zero-order chi connectivity index (χ0) is 10.6. The van der Waals surface area contributed by atoms with Crippen LogP contribution in [-0.2, 0) is 4.74 Å². The summed E-state index contributed by atoms with van der Waals surface area (Å²) in [4.78, 5) is 0. The van der Waals surface area contributed by atoms with Crippen molar-refractivity contribution in [1.82, 2.24) is 5.32 Å². The quantitative estimate of drug-likeness (QED) is 0.682. The van der Waals surface area contributed by atoms with Crippen LogP contribution in [-0.4, -0.2) is 26.3 Å². The molecule has 0 atom stereocenters. The molecule has 1 saturated carbocycles. The van der Waals surface area contributed by atoms with E-state index < -0.39 is 0 Å². The maximum absolute atomic E-state index is 5.40. The van der Waals surface area contributed by atoms with Crippen LogP contribution in [0.1, 0.15) is 45.4 Å². The molecular formula is C13H25NO. The Labute approximate surface area is 93.8 Å². The maximum Gasteiger partial charge on any atom is 0.0471 e. The van der Waals surface area contributed by atoms with E-state index in [1.54, 1.807) is 0 Å². The van der Waals surface area contributed by atoms with E-state index in [-0.39, 0.29) is 0 Å². The van der Waals surface area contributed by atoms with Gasteiger partial charge in [0.25, 0.3) is 0 Å². The van der Waals surface area contributed by atoms with Gasteiger partial charge in [-0.05, 0) is 43.6 Å². The average molecular weight is 211 g/mol. The first-order valence-electron chi connectivity index (χ1n) is 6.57. The third-order valence-corrected chi connectivity index (χ3v) is 3.91. The highest BCUT2D eigenvalue weighted by Gasteiger charge is 2.26. The summed E-state index contributed by atoms with van der Waals surface area (Å²) in [6, 6.07) is 0. The highest BCUT2D eigenvalue weighted by atomic mass is 16.5. The van der Waals surface area contributed by atoms with E-state index in [1.165, 1.54) is 51.6 Å². The molecule has 2 aliphatic rings. The molecule has 15 heavy (non-hydrogen) atoms. The van der Waals surface area contributed by atoms with E-state index in [0.29, 0.717) is 5.41 Å². The molecule has 1 saturated heterocycles. The van der Waals surface area contributed by atoms with Crippen molar-refractivity contribution in [2.45, 2.75) is 45.4 Å². The number of ether oxygens (including phenoxy) is 1. The van der Waals surface area contributed by atoms with Gasteiger partial charge >= 0.3 is 0 Å². The molecule has 0 spiro atoms. The van der Waals surface area contributed by atoms with Gasteiger partial charge in [0, 0.05) is 19.8 Å². The number of hydrogen-bond donors (Lipinski definition) is 1. The van der Waals surface area contributed by atoms with Crippen molar-refractivity contribution in [2.24, 2.45) is 11.3 Å². The minimum Gasteiger partial charge on any atom is -0.381 e. The van der Waals surface area contributed by atoms with Crippen LogP contribution in [0.4, 0.5) is 0 Å². The number of nitrogens with one attached hydrogen (secondary N) is 1. The molecule has 1 aliphatic heterocycles. The summed E-state index contributed by atoms with van der Waals surface area (Å²) in [5.74, 6) is 1.09. The Morgan fingerprint density at radius 2 is 2.00 bits per heavy atom. The molecule has 0 amide bonds. The zero-order valence-electron chi connectivity index (χ0n) is 10.1. The van der Waals surface area contributed by atoms with Gasteiger partial charge in [0.1, 0.15) is 0 Å². The second kappa shape index (κ2) is 5.31. The summed E-state index contributed by atoms with van der Waals surface area (Å²) in [5.41, 5.74) is 0.498. The van der Waals surface area contributed by atoms with E-state index in [9.17, 15) is 0 Å². The summed E-state index contributed by atoms with van der Waals surface area (Å²) in [5, 5.41) is 3.62. The lowest BCUT2D eigenvalue weighted by Gasteiger charge is -2.33. The Bertz CT molecular complexity index is 183. The van der Waals surface area contributed by atoms with Gasteiger partial charge in [-0.2, -0.15) is 0 Å². The van der Waals surface area contributed by atoms with Gasteiger partial charge in [-0.15, -0.1) is 0 Å². The molecule has 88 valence electrons. The molecule has 0 radical (unpaired) electrons. The van der Waals surface area contributed by atoms with Crippen LogP contribution in [0.15, 0.2) is 0 Å². The minimum absolute atomic E-state index is 0.498. The molecule has 2 heteroatoms. The average Bonchev–Trinajstić information content (AvgIpc) is 3.02. The lowest BCUT2D eigenvalue weighted by atomic mass is 9.82. The first kappa shape index (κ1) is 11.4. The summed E-state index contributed by atoms with van der Waals surface area (Å²) < 4.78 is 5.40. The molecule has 2 fully saturated rings. The van der Waals surface area contributed by atoms with Crippen LogP contribution in [0.25, 0.3) is 0 Å². The van der Waals surface area contributed by atoms with Crippen LogP contribution < -0.4 is 5.32 Å². The predicted molar refractivity (Wildman–Crippen MR) is 63.0 cm³/mol. The Morgan fingerprint density at radius 3 is 2.67 bits per heavy atom. The second-order valence-corrected chi connectivity index (χ2v) is 5.69. The maximum atomic E-state index is 5.40. The highest BCUT2D eigenvalue weighted by Crippen LogP contribution is 2.33. The lowest BCUT2D eigenvalue weighted by Crippen LogP contribution is -2.37. The highest BCUT2D eigenvalue weighted by molar-refractivity contribution is 4.79. The SMILES string of the molecule is CC1(CNCCCC2CC2)CCOCC1. The van der Waals surface area contributed by atoms with Crippen LogP contribution in [0.3, 0.4) is 0 Å². The predicted octanol–water partition coefficient (Wildman–Crippen LogP) is 2.58. The van der Waals surface area contributed by atoms with Gasteiger partial charge in [-0.1, -0.05) is 19.8 Å². The summed E-state index contributed by atoms with van der Waals surface area (Å²) in [6.07, 6.45) is 8.26. The van der Waals surface area contributed by atoms with Crippen molar-refractivity contribution in [3.8, 4) is 0 Å². The van der Waals surface area contributed by atoms with Crippen LogP contribution in [0.5, 0.6) is 0 Å². The molecule has 0 aromatic carbocycles. The van der Waals surface area contributed by atoms with E-state index in [0.717, 1.165) is 19.1 Å². The van der Waals surface area contributed by atoms with Gasteiger partial charge in [0.2, 0.25) is 0 Å². The van der Waals surface area contributed by atoms with Crippen molar-refractivity contribution >= 4 is 0 Å². The Hall–Kier alpha value is -0.0800. The van der Waals surface area contributed by atoms with E-state index in [4.69, 9.17) is 4.74 Å². The van der Waals surface area contributed by atoms with Crippen molar-refractivity contribution < 1.29 is 4.74 Å². The van der Waals surface area contributed by atoms with Gasteiger partial charge < -0.3 is 10.1 Å². The molecule has 1 N–H and O–H groups in total. The Balaban J connectivity index is 1.51. The molecular weight excluding hydrogens is 186 g/mol. The van der Waals surface area contributed by atoms with Crippen molar-refractivity contribution in [3.63, 3.8) is 0 Å². The van der Waals surface area contributed by atoms with Crippen LogP contribution in [0, 0.1) is 11.3 Å². The molecule has 0 aromatic rings. The molecule has 0 bridgehead atoms. The third kappa shape index (κ3) is 4.12. The Morgan fingerprint density at radius 1 is 1.27 bits per heavy atom. The third-order valence-electron chi connectivity index (χ3n) is 3.91. The topological polar surface area (TPSA) is 21.3 Å². The first-order valence-corrected chi connectivity index (χ1v) is 6.57. The standard InChI is InChI=1S/C13H25NO/c1-13(6-9-15-10-7-13)11-14-8-2-3-12-4-5-12/h12,14H,2-11H2,1H3. The lowest BCUT2D eigenvalue weighted by molar-refractivity contribution is 0.0242. The normalized spacial score (nSPS) is 25.4. The summed E-state index contributed by atoms with van der Waals surface area (Å²) >= 11 is 0. The fraction of sp³-hybridized carbons (Fsp3) is 1.00. The molecule has 1 heterocycles. The number of hydrogen-bond acceptors (Lipinski definition) is 2. The van der Waals surface area contributed by atoms with Crippen LogP contribution in [0.2, 0.25) is 0 Å². The fourth-order valence-electron chi connectivity index (χ4n) is 2.35. The number of rotatable bonds is 6. The molecule has 0 aromatic heterocycles. The smallest absolute Gasteiger partial charge is 0.0471 e. The molecule has 2 nitrogen and oxygen atoms in total. The first-order chi connectivity index (χ1) is 7.29. The van der Waals surface area contributed by atoms with E-state index in [1.807, 2.05) is 0 Å². The van der Waals surface area contributed by atoms with Crippen molar-refractivity contribution in [1.29, 1.82) is 0 Å². The fourth-order valence-corrected chi connectivity index (χ4v) is 2.35. The minimum atomic E-state index is 0.498. The van der Waals surface area contributed by atoms with Crippen molar-refractivity contribution in [2.75, 3.05) is 26.3 Å². The second-order valence-electron chi connectivity index (χ2n) is 5.69. The molecule has 0 unspecified atom stereocenters. The van der Waals surface area contributed by atoms with Crippen molar-refractivity contribution in [3.05, 3.63) is 0 Å². The molecule has 1 aliphatic carbocycles. The van der Waals surface area contributed by atoms with E-state index in [2.05, 4.69) is 12.2 Å².